The molecule has 21 heteroatoms. The second-order valence-electron chi connectivity index (χ2n) is 6.32. The highest BCUT2D eigenvalue weighted by Gasteiger charge is 2.44. The Kier molecular flexibility index (Phi) is 30.0. The van der Waals surface area contributed by atoms with Crippen molar-refractivity contribution in [3.05, 3.63) is 0 Å². The molecule has 0 aromatic carbocycles. The topological polar surface area (TPSA) is 192 Å². The van der Waals surface area contributed by atoms with Crippen molar-refractivity contribution in [2.45, 2.75) is 32.3 Å². The first kappa shape index (κ1) is 49.2. The molecule has 0 fully saturated rings. The van der Waals surface area contributed by atoms with E-state index in [-0.39, 0.29) is 12.9 Å². The van der Waals surface area contributed by atoms with E-state index in [1.807, 2.05) is 65.3 Å². The number of hydrogen-bond acceptors (Lipinski definition) is 9. The molecule has 13 nitrogen and oxygen atoms in total. The average Bonchev–Trinajstić information content (AvgIpc) is 2.66. The minimum Gasteiger partial charge on any atom is -0.741 e. The van der Waals surface area contributed by atoms with Crippen LogP contribution in [0.25, 0.3) is 0 Å². The van der Waals surface area contributed by atoms with Gasteiger partial charge in [-0.3, -0.25) is 4.55 Å². The van der Waals surface area contributed by atoms with E-state index in [0.29, 0.717) is 0 Å². The normalized spacial score (nSPS) is 10.7. The Bertz CT molecular complexity index is 781. The highest BCUT2D eigenvalue weighted by molar-refractivity contribution is 7.86. The van der Waals surface area contributed by atoms with E-state index in [2.05, 4.69) is 10.6 Å². The van der Waals surface area contributed by atoms with Crippen molar-refractivity contribution in [2.24, 2.45) is 0 Å². The molecular weight excluding hydrogens is 582 g/mol. The molecule has 0 aliphatic rings. The molecule has 0 aromatic rings. The van der Waals surface area contributed by atoms with Gasteiger partial charge in [-0.1, -0.05) is 7.43 Å². The quantitative estimate of drug-likeness (QED) is 0.0912. The fraction of sp³-hybridized carbons (Fsp3) is 0.882. The third-order valence-corrected chi connectivity index (χ3v) is 4.00. The van der Waals surface area contributed by atoms with Crippen LogP contribution < -0.4 is 10.6 Å². The van der Waals surface area contributed by atoms with Gasteiger partial charge in [-0.05, 0) is 27.9 Å². The Morgan fingerprint density at radius 1 is 0.789 bits per heavy atom. The van der Waals surface area contributed by atoms with Crippen molar-refractivity contribution in [1.29, 1.82) is 0 Å². The Morgan fingerprint density at radius 2 is 1.00 bits per heavy atom. The molecule has 0 amide bonds. The van der Waals surface area contributed by atoms with Crippen LogP contribution in [0.1, 0.15) is 21.3 Å². The molecule has 0 atom stereocenters. The SMILES string of the molecule is C.CCOC(CNC)=[N+](C)C.CCOC(CNC)=[N+](C)C.O.O=S(=O)(O)C(F)(F)F.O=S(=O)([O-])C(F)(F)F. The maximum Gasteiger partial charge on any atom is 0.522 e. The summed E-state index contributed by atoms with van der Waals surface area (Å²) >= 11 is 0. The van der Waals surface area contributed by atoms with E-state index in [1.54, 1.807) is 0 Å². The molecule has 0 spiro atoms. The predicted molar refractivity (Wildman–Crippen MR) is 129 cm³/mol. The standard InChI is InChI=1S/2C7H17N2O.2CHF3O3S.CH4.H2O/c2*1-5-10-7(6-8-2)9(3)4;2*2-1(3,4)8(5,6)7;;/h2*8H,5-6H2,1-4H3;2*(H,5,6,7);1H4;1H2/q2*+1;;;;/p-1. The zero-order valence-electron chi connectivity index (χ0n) is 21.6. The Morgan fingerprint density at radius 3 is 1.08 bits per heavy atom. The minimum atomic E-state index is -6.09. The monoisotopic (exact) mass is 623 g/mol. The second kappa shape index (κ2) is 23.1. The molecular formula is C17H41F6N4O9S2+. The number of ether oxygens (including phenoxy) is 2. The third-order valence-electron chi connectivity index (χ3n) is 2.85. The van der Waals surface area contributed by atoms with Crippen molar-refractivity contribution in [2.75, 3.05) is 68.6 Å². The third kappa shape index (κ3) is 28.8. The number of hydrogen-bond donors (Lipinski definition) is 3. The molecule has 0 saturated carbocycles. The molecule has 0 aromatic heterocycles. The lowest BCUT2D eigenvalue weighted by Gasteiger charge is -2.08. The van der Waals surface area contributed by atoms with E-state index in [1.165, 1.54) is 0 Å². The van der Waals surface area contributed by atoms with E-state index >= 15 is 0 Å². The van der Waals surface area contributed by atoms with Gasteiger partial charge in [0.15, 0.2) is 10.1 Å². The highest BCUT2D eigenvalue weighted by Crippen LogP contribution is 2.21. The lowest BCUT2D eigenvalue weighted by Crippen LogP contribution is -2.28. The van der Waals surface area contributed by atoms with Gasteiger partial charge in [0.1, 0.15) is 41.3 Å². The van der Waals surface area contributed by atoms with Crippen molar-refractivity contribution in [1.82, 2.24) is 10.6 Å². The summed E-state index contributed by atoms with van der Waals surface area (Å²) in [6.45, 7) is 7.02. The van der Waals surface area contributed by atoms with Crippen LogP contribution in [0.5, 0.6) is 0 Å². The Hall–Kier alpha value is -1.78. The van der Waals surface area contributed by atoms with E-state index in [9.17, 15) is 26.3 Å². The minimum absolute atomic E-state index is 0. The summed E-state index contributed by atoms with van der Waals surface area (Å²) in [5.74, 6) is 1.95. The van der Waals surface area contributed by atoms with Crippen LogP contribution in [0.4, 0.5) is 26.3 Å². The molecule has 0 radical (unpaired) electrons. The van der Waals surface area contributed by atoms with Gasteiger partial charge >= 0.3 is 32.9 Å². The first-order chi connectivity index (χ1) is 15.9. The molecule has 5 N–H and O–H groups in total. The van der Waals surface area contributed by atoms with Gasteiger partial charge in [-0.25, -0.2) is 17.6 Å². The van der Waals surface area contributed by atoms with Gasteiger partial charge < -0.3 is 30.1 Å². The van der Waals surface area contributed by atoms with E-state index in [4.69, 9.17) is 35.4 Å². The number of rotatable bonds is 6. The first-order valence-corrected chi connectivity index (χ1v) is 12.5. The van der Waals surface area contributed by atoms with Gasteiger partial charge in [0.2, 0.25) is 0 Å². The highest BCUT2D eigenvalue weighted by atomic mass is 32.2. The summed E-state index contributed by atoms with van der Waals surface area (Å²) in [7, 11) is -0.222. The van der Waals surface area contributed by atoms with Crippen LogP contribution in [0.15, 0.2) is 0 Å². The number of halogens is 6. The van der Waals surface area contributed by atoms with Crippen LogP contribution in [-0.2, 0) is 29.7 Å². The van der Waals surface area contributed by atoms with E-state index in [0.717, 1.165) is 38.1 Å². The number of nitrogens with one attached hydrogen (secondary N) is 2. The number of likely N-dealkylation sites (N-methyl/N-ethyl adjacent to an activating group) is 2. The van der Waals surface area contributed by atoms with Gasteiger partial charge in [0, 0.05) is 0 Å². The molecule has 0 bridgehead atoms. The summed E-state index contributed by atoms with van der Waals surface area (Å²) < 4.78 is 131. The molecule has 0 unspecified atom stereocenters. The second-order valence-corrected chi connectivity index (χ2v) is 9.11. The summed E-state index contributed by atoms with van der Waals surface area (Å²) in [5, 5.41) is 6.06. The van der Waals surface area contributed by atoms with Crippen molar-refractivity contribution < 1.29 is 76.4 Å². The maximum absolute atomic E-state index is 10.7. The maximum atomic E-state index is 10.7. The molecule has 0 rings (SSSR count). The lowest BCUT2D eigenvalue weighted by molar-refractivity contribution is -0.475. The molecule has 0 saturated heterocycles. The summed E-state index contributed by atoms with van der Waals surface area (Å²) in [5.41, 5.74) is -11.2. The Balaban J connectivity index is -0.0000000888. The molecule has 236 valence electrons. The van der Waals surface area contributed by atoms with Gasteiger partial charge in [-0.2, -0.15) is 34.8 Å². The smallest absolute Gasteiger partial charge is 0.522 e. The van der Waals surface area contributed by atoms with Crippen LogP contribution in [-0.4, -0.2) is 132 Å². The number of alkyl halides is 6. The van der Waals surface area contributed by atoms with Crippen LogP contribution in [0.2, 0.25) is 0 Å². The van der Waals surface area contributed by atoms with E-state index < -0.39 is 31.3 Å². The summed E-state index contributed by atoms with van der Waals surface area (Å²) in [6, 6.07) is 0. The van der Waals surface area contributed by atoms with Crippen LogP contribution >= 0.6 is 0 Å². The van der Waals surface area contributed by atoms with Gasteiger partial charge in [0.25, 0.3) is 0 Å². The van der Waals surface area contributed by atoms with Gasteiger partial charge in [-0.15, -0.1) is 0 Å². The van der Waals surface area contributed by atoms with Crippen LogP contribution in [0, 0.1) is 0 Å². The molecule has 38 heavy (non-hydrogen) atoms. The lowest BCUT2D eigenvalue weighted by atomic mass is 10.6. The fourth-order valence-electron chi connectivity index (χ4n) is 1.31. The van der Waals surface area contributed by atoms with Crippen molar-refractivity contribution in [3.63, 3.8) is 0 Å². The number of nitrogens with zero attached hydrogens (tertiary/aromatic N) is 2. The zero-order chi connectivity index (χ0) is 30.0. The molecule has 0 heterocycles. The molecule has 0 aliphatic carbocycles. The summed E-state index contributed by atoms with van der Waals surface area (Å²) in [6.07, 6.45) is 0. The van der Waals surface area contributed by atoms with Crippen LogP contribution in [0.3, 0.4) is 0 Å². The molecule has 0 aliphatic heterocycles. The average molecular weight is 624 g/mol. The largest absolute Gasteiger partial charge is 0.741 e. The van der Waals surface area contributed by atoms with Crippen molar-refractivity contribution in [3.8, 4) is 0 Å². The Labute approximate surface area is 220 Å². The zero-order valence-corrected chi connectivity index (χ0v) is 23.2. The summed E-state index contributed by atoms with van der Waals surface area (Å²) in [4.78, 5) is 0. The van der Waals surface area contributed by atoms with Crippen molar-refractivity contribution >= 4 is 32.0 Å². The van der Waals surface area contributed by atoms with Gasteiger partial charge in [0.05, 0.1) is 13.2 Å². The fourth-order valence-corrected chi connectivity index (χ4v) is 1.31. The first-order valence-electron chi connectivity index (χ1n) is 9.61. The predicted octanol–water partition coefficient (Wildman–Crippen LogP) is 0.0826.